The molecule has 0 unspecified atom stereocenters. The molecule has 2 aromatic heterocycles. The highest BCUT2D eigenvalue weighted by molar-refractivity contribution is 6.04. The Balaban J connectivity index is 1.50. The SMILES string of the molecule is O=C(Nc1ccc2oc(C(=O)O)cc2c1)c1ccn(C2CCOCC2)n1. The van der Waals surface area contributed by atoms with Crippen molar-refractivity contribution in [2.75, 3.05) is 18.5 Å². The van der Waals surface area contributed by atoms with Crippen LogP contribution in [0.3, 0.4) is 0 Å². The van der Waals surface area contributed by atoms with E-state index in [2.05, 4.69) is 10.4 Å². The number of carbonyl (C=O) groups is 2. The number of anilines is 1. The van der Waals surface area contributed by atoms with Gasteiger partial charge in [0, 0.05) is 30.5 Å². The maximum Gasteiger partial charge on any atom is 0.371 e. The Kier molecular flexibility index (Phi) is 4.18. The molecule has 8 nitrogen and oxygen atoms in total. The van der Waals surface area contributed by atoms with E-state index in [1.807, 2.05) is 10.9 Å². The molecule has 0 bridgehead atoms. The first-order valence-corrected chi connectivity index (χ1v) is 8.31. The van der Waals surface area contributed by atoms with Gasteiger partial charge in [0.15, 0.2) is 5.69 Å². The normalized spacial score (nSPS) is 15.2. The van der Waals surface area contributed by atoms with Crippen LogP contribution in [0.25, 0.3) is 11.0 Å². The van der Waals surface area contributed by atoms with E-state index in [9.17, 15) is 9.59 Å². The number of aromatic carboxylic acids is 1. The smallest absolute Gasteiger partial charge is 0.371 e. The molecule has 0 atom stereocenters. The fourth-order valence-electron chi connectivity index (χ4n) is 3.03. The van der Waals surface area contributed by atoms with E-state index >= 15 is 0 Å². The third kappa shape index (κ3) is 3.18. The topological polar surface area (TPSA) is 107 Å². The summed E-state index contributed by atoms with van der Waals surface area (Å²) < 4.78 is 12.4. The van der Waals surface area contributed by atoms with Crippen LogP contribution in [0, 0.1) is 0 Å². The molecule has 3 aromatic rings. The lowest BCUT2D eigenvalue weighted by Crippen LogP contribution is -2.21. The van der Waals surface area contributed by atoms with Crippen molar-refractivity contribution < 1.29 is 23.8 Å². The zero-order chi connectivity index (χ0) is 18.1. The molecular weight excluding hydrogens is 338 g/mol. The number of furan rings is 1. The summed E-state index contributed by atoms with van der Waals surface area (Å²) in [6.07, 6.45) is 3.57. The number of carboxylic acid groups (broad SMARTS) is 1. The monoisotopic (exact) mass is 355 g/mol. The first kappa shape index (κ1) is 16.3. The fraction of sp³-hybridized carbons (Fsp3) is 0.278. The molecule has 1 aliphatic rings. The van der Waals surface area contributed by atoms with Crippen LogP contribution in [-0.2, 0) is 4.74 Å². The summed E-state index contributed by atoms with van der Waals surface area (Å²) in [6, 6.07) is 8.31. The number of carboxylic acids is 1. The van der Waals surface area contributed by atoms with Gasteiger partial charge in [-0.3, -0.25) is 9.48 Å². The van der Waals surface area contributed by atoms with E-state index in [4.69, 9.17) is 14.3 Å². The van der Waals surface area contributed by atoms with E-state index < -0.39 is 5.97 Å². The standard InChI is InChI=1S/C18H17N3O5/c22-17(14-3-6-21(20-14)13-4-7-25-8-5-13)19-12-1-2-15-11(9-12)10-16(26-15)18(23)24/h1-3,6,9-10,13H,4-5,7-8H2,(H,19,22)(H,23,24). The Morgan fingerprint density at radius 2 is 2.00 bits per heavy atom. The second-order valence-electron chi connectivity index (χ2n) is 6.15. The number of fused-ring (bicyclic) bond motifs is 1. The molecule has 2 N–H and O–H groups in total. The molecular formula is C18H17N3O5. The molecule has 8 heteroatoms. The van der Waals surface area contributed by atoms with Crippen LogP contribution in [0.1, 0.15) is 39.9 Å². The molecule has 4 rings (SSSR count). The largest absolute Gasteiger partial charge is 0.475 e. The summed E-state index contributed by atoms with van der Waals surface area (Å²) in [5.41, 5.74) is 1.32. The van der Waals surface area contributed by atoms with Crippen LogP contribution in [-0.4, -0.2) is 40.0 Å². The van der Waals surface area contributed by atoms with Crippen molar-refractivity contribution in [3.63, 3.8) is 0 Å². The van der Waals surface area contributed by atoms with Crippen LogP contribution < -0.4 is 5.32 Å². The lowest BCUT2D eigenvalue weighted by Gasteiger charge is -2.22. The summed E-state index contributed by atoms with van der Waals surface area (Å²) in [6.45, 7) is 1.41. The summed E-state index contributed by atoms with van der Waals surface area (Å²) in [4.78, 5) is 23.4. The summed E-state index contributed by atoms with van der Waals surface area (Å²) in [7, 11) is 0. The fourth-order valence-corrected chi connectivity index (χ4v) is 3.03. The van der Waals surface area contributed by atoms with Gasteiger partial charge in [0.2, 0.25) is 5.76 Å². The molecule has 0 aliphatic carbocycles. The number of aromatic nitrogens is 2. The van der Waals surface area contributed by atoms with Crippen LogP contribution in [0.15, 0.2) is 40.9 Å². The summed E-state index contributed by atoms with van der Waals surface area (Å²) in [5.74, 6) is -1.60. The number of nitrogens with zero attached hydrogens (tertiary/aromatic N) is 2. The Labute approximate surface area is 148 Å². The Morgan fingerprint density at radius 3 is 2.77 bits per heavy atom. The number of ether oxygens (including phenoxy) is 1. The number of benzene rings is 1. The number of amides is 1. The van der Waals surface area contributed by atoms with Crippen molar-refractivity contribution in [2.45, 2.75) is 18.9 Å². The van der Waals surface area contributed by atoms with Gasteiger partial charge in [0.05, 0.1) is 6.04 Å². The highest BCUT2D eigenvalue weighted by Crippen LogP contribution is 2.24. The van der Waals surface area contributed by atoms with Gasteiger partial charge in [0.1, 0.15) is 5.58 Å². The maximum atomic E-state index is 12.4. The third-order valence-electron chi connectivity index (χ3n) is 4.39. The molecule has 1 fully saturated rings. The molecule has 0 saturated carbocycles. The summed E-state index contributed by atoms with van der Waals surface area (Å²) in [5, 5.41) is 16.7. The zero-order valence-electron chi connectivity index (χ0n) is 13.8. The van der Waals surface area contributed by atoms with Gasteiger partial charge in [-0.1, -0.05) is 0 Å². The highest BCUT2D eigenvalue weighted by Gasteiger charge is 2.18. The van der Waals surface area contributed by atoms with Crippen molar-refractivity contribution in [3.05, 3.63) is 48.0 Å². The minimum Gasteiger partial charge on any atom is -0.475 e. The number of hydrogen-bond acceptors (Lipinski definition) is 5. The van der Waals surface area contributed by atoms with Crippen molar-refractivity contribution in [1.82, 2.24) is 9.78 Å². The molecule has 1 aromatic carbocycles. The Hall–Kier alpha value is -3.13. The Morgan fingerprint density at radius 1 is 1.19 bits per heavy atom. The van der Waals surface area contributed by atoms with Gasteiger partial charge in [-0.25, -0.2) is 4.79 Å². The Bertz CT molecular complexity index is 968. The summed E-state index contributed by atoms with van der Waals surface area (Å²) >= 11 is 0. The second-order valence-corrected chi connectivity index (χ2v) is 6.15. The van der Waals surface area contributed by atoms with Gasteiger partial charge < -0.3 is 19.6 Å². The molecule has 0 radical (unpaired) electrons. The van der Waals surface area contributed by atoms with Crippen molar-refractivity contribution in [1.29, 1.82) is 0 Å². The highest BCUT2D eigenvalue weighted by atomic mass is 16.5. The van der Waals surface area contributed by atoms with E-state index in [-0.39, 0.29) is 17.7 Å². The van der Waals surface area contributed by atoms with Crippen molar-refractivity contribution >= 4 is 28.5 Å². The average Bonchev–Trinajstić information content (AvgIpc) is 3.29. The second kappa shape index (κ2) is 6.64. The van der Waals surface area contributed by atoms with Crippen LogP contribution in [0.2, 0.25) is 0 Å². The number of nitrogens with one attached hydrogen (secondary N) is 1. The number of rotatable bonds is 4. The quantitative estimate of drug-likeness (QED) is 0.745. The molecule has 1 saturated heterocycles. The van der Waals surface area contributed by atoms with Gasteiger partial charge >= 0.3 is 5.97 Å². The van der Waals surface area contributed by atoms with E-state index in [1.54, 1.807) is 24.3 Å². The first-order chi connectivity index (χ1) is 12.6. The molecule has 3 heterocycles. The molecule has 0 spiro atoms. The third-order valence-corrected chi connectivity index (χ3v) is 4.39. The predicted octanol–water partition coefficient (Wildman–Crippen LogP) is 2.93. The predicted molar refractivity (Wildman–Crippen MR) is 92.4 cm³/mol. The lowest BCUT2D eigenvalue weighted by atomic mass is 10.1. The first-order valence-electron chi connectivity index (χ1n) is 8.31. The van der Waals surface area contributed by atoms with Crippen molar-refractivity contribution in [2.24, 2.45) is 0 Å². The van der Waals surface area contributed by atoms with Crippen LogP contribution in [0.5, 0.6) is 0 Å². The van der Waals surface area contributed by atoms with Gasteiger partial charge in [-0.2, -0.15) is 5.10 Å². The molecule has 26 heavy (non-hydrogen) atoms. The van der Waals surface area contributed by atoms with E-state index in [0.29, 0.717) is 35.6 Å². The zero-order valence-corrected chi connectivity index (χ0v) is 13.8. The lowest BCUT2D eigenvalue weighted by molar-refractivity contribution is 0.0659. The maximum absolute atomic E-state index is 12.4. The van der Waals surface area contributed by atoms with Crippen LogP contribution in [0.4, 0.5) is 5.69 Å². The van der Waals surface area contributed by atoms with Crippen LogP contribution >= 0.6 is 0 Å². The van der Waals surface area contributed by atoms with Gasteiger partial charge in [-0.05, 0) is 43.2 Å². The number of carbonyl (C=O) groups excluding carboxylic acids is 1. The minimum absolute atomic E-state index is 0.140. The minimum atomic E-state index is -1.13. The van der Waals surface area contributed by atoms with E-state index in [0.717, 1.165) is 12.8 Å². The van der Waals surface area contributed by atoms with Crippen molar-refractivity contribution in [3.8, 4) is 0 Å². The number of hydrogen-bond donors (Lipinski definition) is 2. The average molecular weight is 355 g/mol. The van der Waals surface area contributed by atoms with Gasteiger partial charge in [-0.15, -0.1) is 0 Å². The van der Waals surface area contributed by atoms with E-state index in [1.165, 1.54) is 6.07 Å². The molecule has 134 valence electrons. The molecule has 1 amide bonds. The van der Waals surface area contributed by atoms with Gasteiger partial charge in [0.25, 0.3) is 5.91 Å². The molecule has 1 aliphatic heterocycles.